The van der Waals surface area contributed by atoms with Gasteiger partial charge in [0.15, 0.2) is 0 Å². The molecule has 0 amide bonds. The maximum absolute atomic E-state index is 4.13. The number of anilines is 1. The molecule has 1 N–H and O–H groups in total. The lowest BCUT2D eigenvalue weighted by molar-refractivity contribution is 1.18. The van der Waals surface area contributed by atoms with Crippen molar-refractivity contribution in [2.24, 2.45) is 0 Å². The Morgan fingerprint density at radius 2 is 2.31 bits per heavy atom. The van der Waals surface area contributed by atoms with Gasteiger partial charge in [-0.15, -0.1) is 0 Å². The zero-order chi connectivity index (χ0) is 9.68. The third kappa shape index (κ3) is 3.74. The molecule has 13 heavy (non-hydrogen) atoms. The summed E-state index contributed by atoms with van der Waals surface area (Å²) >= 11 is 0. The maximum Gasteiger partial charge on any atom is 0.0393 e. The number of pyridine rings is 1. The largest absolute Gasteiger partial charge is 0.381 e. The zero-order valence-corrected chi connectivity index (χ0v) is 8.46. The SMILES string of the molecule is CC(C)=CCNc1ccnc(C)c1. The van der Waals surface area contributed by atoms with Crippen molar-refractivity contribution in [2.75, 3.05) is 11.9 Å². The predicted molar refractivity (Wildman–Crippen MR) is 56.9 cm³/mol. The molecule has 2 nitrogen and oxygen atoms in total. The van der Waals surface area contributed by atoms with E-state index >= 15 is 0 Å². The van der Waals surface area contributed by atoms with Crippen LogP contribution in [0.15, 0.2) is 30.0 Å². The van der Waals surface area contributed by atoms with Crippen molar-refractivity contribution < 1.29 is 0 Å². The van der Waals surface area contributed by atoms with Gasteiger partial charge in [-0.2, -0.15) is 0 Å². The normalized spacial score (nSPS) is 9.46. The zero-order valence-electron chi connectivity index (χ0n) is 8.46. The molecule has 0 atom stereocenters. The molecule has 1 aromatic heterocycles. The number of hydrogen-bond acceptors (Lipinski definition) is 2. The lowest BCUT2D eigenvalue weighted by Crippen LogP contribution is -1.99. The van der Waals surface area contributed by atoms with E-state index in [9.17, 15) is 0 Å². The van der Waals surface area contributed by atoms with Gasteiger partial charge in [-0.25, -0.2) is 0 Å². The van der Waals surface area contributed by atoms with Crippen LogP contribution in [0, 0.1) is 6.92 Å². The average molecular weight is 176 g/mol. The second-order valence-corrected chi connectivity index (χ2v) is 3.35. The smallest absolute Gasteiger partial charge is 0.0393 e. The first-order valence-corrected chi connectivity index (χ1v) is 4.48. The van der Waals surface area contributed by atoms with Crippen molar-refractivity contribution in [3.63, 3.8) is 0 Å². The van der Waals surface area contributed by atoms with Crippen LogP contribution < -0.4 is 5.32 Å². The number of aryl methyl sites for hydroxylation is 1. The van der Waals surface area contributed by atoms with E-state index in [4.69, 9.17) is 0 Å². The Kier molecular flexibility index (Phi) is 3.50. The third-order valence-electron chi connectivity index (χ3n) is 1.71. The van der Waals surface area contributed by atoms with Crippen molar-refractivity contribution in [1.82, 2.24) is 4.98 Å². The Bertz CT molecular complexity index is 299. The summed E-state index contributed by atoms with van der Waals surface area (Å²) in [5.41, 5.74) is 3.51. The summed E-state index contributed by atoms with van der Waals surface area (Å²) in [6, 6.07) is 4.02. The highest BCUT2D eigenvalue weighted by atomic mass is 14.9. The summed E-state index contributed by atoms with van der Waals surface area (Å²) in [6.45, 7) is 7.07. The predicted octanol–water partition coefficient (Wildman–Crippen LogP) is 2.77. The standard InChI is InChI=1S/C11H16N2/c1-9(2)4-6-13-11-5-7-12-10(3)8-11/h4-5,7-8H,6H2,1-3H3,(H,12,13). The van der Waals surface area contributed by atoms with E-state index in [0.29, 0.717) is 0 Å². The molecular formula is C11H16N2. The van der Waals surface area contributed by atoms with Gasteiger partial charge in [0.25, 0.3) is 0 Å². The number of hydrogen-bond donors (Lipinski definition) is 1. The summed E-state index contributed by atoms with van der Waals surface area (Å²) in [6.07, 6.45) is 3.98. The number of nitrogens with zero attached hydrogens (tertiary/aromatic N) is 1. The van der Waals surface area contributed by atoms with Crippen molar-refractivity contribution in [3.05, 3.63) is 35.7 Å². The quantitative estimate of drug-likeness (QED) is 0.716. The molecular weight excluding hydrogens is 160 g/mol. The van der Waals surface area contributed by atoms with Gasteiger partial charge in [-0.1, -0.05) is 11.6 Å². The molecule has 0 aliphatic carbocycles. The van der Waals surface area contributed by atoms with Crippen LogP contribution in [0.25, 0.3) is 0 Å². The van der Waals surface area contributed by atoms with Crippen LogP contribution >= 0.6 is 0 Å². The monoisotopic (exact) mass is 176 g/mol. The number of aromatic nitrogens is 1. The van der Waals surface area contributed by atoms with Crippen LogP contribution in [0.2, 0.25) is 0 Å². The molecule has 0 saturated carbocycles. The molecule has 0 saturated heterocycles. The van der Waals surface area contributed by atoms with E-state index in [1.54, 1.807) is 0 Å². The summed E-state index contributed by atoms with van der Waals surface area (Å²) < 4.78 is 0. The Labute approximate surface area is 79.7 Å². The van der Waals surface area contributed by atoms with Gasteiger partial charge in [-0.3, -0.25) is 4.98 Å². The van der Waals surface area contributed by atoms with Crippen molar-refractivity contribution in [1.29, 1.82) is 0 Å². The highest BCUT2D eigenvalue weighted by molar-refractivity contribution is 5.43. The summed E-state index contributed by atoms with van der Waals surface area (Å²) in [5, 5.41) is 3.30. The van der Waals surface area contributed by atoms with Crippen LogP contribution in [0.3, 0.4) is 0 Å². The van der Waals surface area contributed by atoms with Crippen LogP contribution in [0.1, 0.15) is 19.5 Å². The van der Waals surface area contributed by atoms with Crippen molar-refractivity contribution >= 4 is 5.69 Å². The Morgan fingerprint density at radius 3 is 2.92 bits per heavy atom. The Hall–Kier alpha value is -1.31. The summed E-state index contributed by atoms with van der Waals surface area (Å²) in [5.74, 6) is 0. The number of nitrogens with one attached hydrogen (secondary N) is 1. The minimum atomic E-state index is 0.881. The molecule has 1 rings (SSSR count). The molecule has 1 heterocycles. The third-order valence-corrected chi connectivity index (χ3v) is 1.71. The molecule has 2 heteroatoms. The molecule has 0 spiro atoms. The second kappa shape index (κ2) is 4.65. The molecule has 0 aliphatic heterocycles. The fraction of sp³-hybridized carbons (Fsp3) is 0.364. The fourth-order valence-electron chi connectivity index (χ4n) is 1.03. The summed E-state index contributed by atoms with van der Waals surface area (Å²) in [7, 11) is 0. The minimum Gasteiger partial charge on any atom is -0.381 e. The van der Waals surface area contributed by atoms with Gasteiger partial charge in [0.2, 0.25) is 0 Å². The molecule has 0 aliphatic rings. The van der Waals surface area contributed by atoms with Gasteiger partial charge in [-0.05, 0) is 32.9 Å². The number of rotatable bonds is 3. The van der Waals surface area contributed by atoms with Crippen LogP contribution in [-0.2, 0) is 0 Å². The van der Waals surface area contributed by atoms with E-state index in [2.05, 4.69) is 30.2 Å². The van der Waals surface area contributed by atoms with E-state index in [1.165, 1.54) is 5.57 Å². The molecule has 0 aromatic carbocycles. The lowest BCUT2D eigenvalue weighted by Gasteiger charge is -2.03. The van der Waals surface area contributed by atoms with E-state index in [1.807, 2.05) is 25.3 Å². The minimum absolute atomic E-state index is 0.881. The first-order chi connectivity index (χ1) is 6.18. The molecule has 1 aromatic rings. The van der Waals surface area contributed by atoms with E-state index in [0.717, 1.165) is 17.9 Å². The van der Waals surface area contributed by atoms with Crippen molar-refractivity contribution in [3.8, 4) is 0 Å². The molecule has 0 fully saturated rings. The average Bonchev–Trinajstić information content (AvgIpc) is 2.03. The number of allylic oxidation sites excluding steroid dienone is 1. The van der Waals surface area contributed by atoms with Crippen LogP contribution in [0.5, 0.6) is 0 Å². The van der Waals surface area contributed by atoms with Gasteiger partial charge in [0, 0.05) is 24.1 Å². The fourth-order valence-corrected chi connectivity index (χ4v) is 1.03. The van der Waals surface area contributed by atoms with Crippen molar-refractivity contribution in [2.45, 2.75) is 20.8 Å². The second-order valence-electron chi connectivity index (χ2n) is 3.35. The first-order valence-electron chi connectivity index (χ1n) is 4.48. The highest BCUT2D eigenvalue weighted by Crippen LogP contribution is 2.06. The van der Waals surface area contributed by atoms with Crippen LogP contribution in [-0.4, -0.2) is 11.5 Å². The molecule has 70 valence electrons. The molecule has 0 unspecified atom stereocenters. The molecule has 0 bridgehead atoms. The van der Waals surface area contributed by atoms with Gasteiger partial charge < -0.3 is 5.32 Å². The first kappa shape index (κ1) is 9.78. The summed E-state index contributed by atoms with van der Waals surface area (Å²) in [4.78, 5) is 4.13. The van der Waals surface area contributed by atoms with E-state index < -0.39 is 0 Å². The van der Waals surface area contributed by atoms with Gasteiger partial charge in [0.05, 0.1) is 0 Å². The lowest BCUT2D eigenvalue weighted by atomic mass is 10.3. The van der Waals surface area contributed by atoms with Crippen LogP contribution in [0.4, 0.5) is 5.69 Å². The van der Waals surface area contributed by atoms with Gasteiger partial charge in [0.1, 0.15) is 0 Å². The van der Waals surface area contributed by atoms with E-state index in [-0.39, 0.29) is 0 Å². The Morgan fingerprint density at radius 1 is 1.54 bits per heavy atom. The highest BCUT2D eigenvalue weighted by Gasteiger charge is 1.89. The molecule has 0 radical (unpaired) electrons. The maximum atomic E-state index is 4.13. The van der Waals surface area contributed by atoms with Gasteiger partial charge >= 0.3 is 0 Å². The Balaban J connectivity index is 2.50. The topological polar surface area (TPSA) is 24.9 Å².